The number of nitrogens with two attached hydrogens (primary N) is 1. The molecule has 1 amide bonds. The number of amides is 1. The van der Waals surface area contributed by atoms with Crippen molar-refractivity contribution in [3.05, 3.63) is 0 Å². The van der Waals surface area contributed by atoms with Crippen molar-refractivity contribution >= 4 is 5.91 Å². The molecule has 0 unspecified atom stereocenters. The number of carbonyl (C=O) groups excluding carboxylic acids is 1. The lowest BCUT2D eigenvalue weighted by atomic mass is 10.2. The molecule has 76 valence electrons. The monoisotopic (exact) mass is 192 g/mol. The van der Waals surface area contributed by atoms with Gasteiger partial charge in [0.05, 0.1) is 0 Å². The first-order valence-electron chi connectivity index (χ1n) is 4.71. The highest BCUT2D eigenvalue weighted by Gasteiger charge is 1.91. The Balaban J connectivity index is 3.45. The van der Waals surface area contributed by atoms with E-state index in [-0.39, 0.29) is 5.91 Å². The fourth-order valence-electron chi connectivity index (χ4n) is 0.770. The Morgan fingerprint density at radius 1 is 1.36 bits per heavy atom. The molecule has 0 spiro atoms. The van der Waals surface area contributed by atoms with Crippen LogP contribution in [-0.2, 0) is 4.79 Å². The van der Waals surface area contributed by atoms with Gasteiger partial charge in [0.25, 0.3) is 5.91 Å². The molecule has 14 heavy (non-hydrogen) atoms. The molecule has 0 aromatic carbocycles. The Labute approximate surface area is 85.4 Å². The van der Waals surface area contributed by atoms with Gasteiger partial charge >= 0.3 is 0 Å². The van der Waals surface area contributed by atoms with Crippen LogP contribution in [0.5, 0.6) is 0 Å². The molecule has 0 saturated heterocycles. The standard InChI is InChI=1S/C11H16N2O/c1-2-3-4-5-6-8-11(14)13-10-7-9-12/h1H,3-5,7,9-10,12H2,(H,13,14). The second kappa shape index (κ2) is 9.64. The molecule has 0 aliphatic heterocycles. The van der Waals surface area contributed by atoms with Crippen LogP contribution in [0.2, 0.25) is 0 Å². The van der Waals surface area contributed by atoms with E-state index in [1.807, 2.05) is 0 Å². The van der Waals surface area contributed by atoms with Crippen LogP contribution >= 0.6 is 0 Å². The van der Waals surface area contributed by atoms with Crippen LogP contribution in [0.4, 0.5) is 0 Å². The lowest BCUT2D eigenvalue weighted by molar-refractivity contribution is -0.115. The zero-order valence-electron chi connectivity index (χ0n) is 8.31. The van der Waals surface area contributed by atoms with Crippen molar-refractivity contribution in [3.8, 4) is 24.2 Å². The summed E-state index contributed by atoms with van der Waals surface area (Å²) in [6.07, 6.45) is 8.08. The summed E-state index contributed by atoms with van der Waals surface area (Å²) in [6, 6.07) is 0. The number of unbranched alkanes of at least 4 members (excludes halogenated alkanes) is 2. The fourth-order valence-corrected chi connectivity index (χ4v) is 0.770. The highest BCUT2D eigenvalue weighted by Crippen LogP contribution is 1.90. The minimum Gasteiger partial charge on any atom is -0.345 e. The average Bonchev–Trinajstić information content (AvgIpc) is 2.18. The lowest BCUT2D eigenvalue weighted by Gasteiger charge is -1.96. The van der Waals surface area contributed by atoms with Gasteiger partial charge in [-0.15, -0.1) is 12.3 Å². The molecule has 0 atom stereocenters. The third-order valence-electron chi connectivity index (χ3n) is 1.49. The fraction of sp³-hybridized carbons (Fsp3) is 0.545. The van der Waals surface area contributed by atoms with Gasteiger partial charge in [0.15, 0.2) is 0 Å². The summed E-state index contributed by atoms with van der Waals surface area (Å²) >= 11 is 0. The quantitative estimate of drug-likeness (QED) is 0.485. The second-order valence-electron chi connectivity index (χ2n) is 2.76. The summed E-state index contributed by atoms with van der Waals surface area (Å²) < 4.78 is 0. The molecule has 0 aliphatic carbocycles. The lowest BCUT2D eigenvalue weighted by Crippen LogP contribution is -2.24. The molecule has 0 aromatic rings. The van der Waals surface area contributed by atoms with E-state index in [2.05, 4.69) is 23.1 Å². The Hall–Kier alpha value is -1.45. The Bertz CT molecular complexity index is 255. The third-order valence-corrected chi connectivity index (χ3v) is 1.49. The Morgan fingerprint density at radius 2 is 2.14 bits per heavy atom. The van der Waals surface area contributed by atoms with E-state index in [1.54, 1.807) is 0 Å². The van der Waals surface area contributed by atoms with Crippen molar-refractivity contribution in [1.29, 1.82) is 0 Å². The molecule has 3 N–H and O–H groups in total. The van der Waals surface area contributed by atoms with Crippen molar-refractivity contribution in [3.63, 3.8) is 0 Å². The number of hydrogen-bond acceptors (Lipinski definition) is 2. The summed E-state index contributed by atoms with van der Waals surface area (Å²) in [7, 11) is 0. The third kappa shape index (κ3) is 8.64. The van der Waals surface area contributed by atoms with Gasteiger partial charge in [0, 0.05) is 19.4 Å². The minimum atomic E-state index is -0.237. The highest BCUT2D eigenvalue weighted by molar-refractivity contribution is 5.93. The highest BCUT2D eigenvalue weighted by atomic mass is 16.1. The normalized spacial score (nSPS) is 8.29. The number of nitrogens with one attached hydrogen (secondary N) is 1. The van der Waals surface area contributed by atoms with Gasteiger partial charge in [-0.2, -0.15) is 0 Å². The summed E-state index contributed by atoms with van der Waals surface area (Å²) in [4.78, 5) is 11.0. The van der Waals surface area contributed by atoms with Crippen LogP contribution in [0.3, 0.4) is 0 Å². The Morgan fingerprint density at radius 3 is 2.79 bits per heavy atom. The summed E-state index contributed by atoms with van der Waals surface area (Å²) in [5, 5.41) is 2.64. The smallest absolute Gasteiger partial charge is 0.295 e. The maximum atomic E-state index is 11.0. The molecular weight excluding hydrogens is 176 g/mol. The molecule has 0 fully saturated rings. The van der Waals surface area contributed by atoms with Crippen LogP contribution in [0.25, 0.3) is 0 Å². The summed E-state index contributed by atoms with van der Waals surface area (Å²) in [5.74, 6) is 7.53. The number of rotatable bonds is 5. The van der Waals surface area contributed by atoms with Crippen molar-refractivity contribution in [1.82, 2.24) is 5.32 Å². The average molecular weight is 192 g/mol. The number of carbonyl (C=O) groups is 1. The molecule has 0 aliphatic rings. The van der Waals surface area contributed by atoms with Crippen molar-refractivity contribution in [2.24, 2.45) is 5.73 Å². The van der Waals surface area contributed by atoms with E-state index >= 15 is 0 Å². The SMILES string of the molecule is C#CCCCC#CC(=O)NCCCN. The molecular formula is C11H16N2O. The molecule has 0 rings (SSSR count). The van der Waals surface area contributed by atoms with E-state index in [9.17, 15) is 4.79 Å². The first-order chi connectivity index (χ1) is 6.81. The van der Waals surface area contributed by atoms with E-state index in [1.165, 1.54) is 0 Å². The summed E-state index contributed by atoms with van der Waals surface area (Å²) in [5.41, 5.74) is 5.26. The van der Waals surface area contributed by atoms with Crippen LogP contribution < -0.4 is 11.1 Å². The molecule has 0 bridgehead atoms. The van der Waals surface area contributed by atoms with Crippen molar-refractivity contribution < 1.29 is 4.79 Å². The maximum Gasteiger partial charge on any atom is 0.295 e. The van der Waals surface area contributed by atoms with Gasteiger partial charge in [-0.05, 0) is 25.3 Å². The first kappa shape index (κ1) is 12.6. The molecule has 3 heteroatoms. The predicted octanol–water partition coefficient (Wildman–Crippen LogP) is 0.258. The van der Waals surface area contributed by atoms with Gasteiger partial charge < -0.3 is 11.1 Å². The van der Waals surface area contributed by atoms with Gasteiger partial charge in [-0.1, -0.05) is 5.92 Å². The molecule has 0 heterocycles. The molecule has 3 nitrogen and oxygen atoms in total. The Kier molecular flexibility index (Phi) is 8.64. The van der Waals surface area contributed by atoms with Crippen molar-refractivity contribution in [2.75, 3.05) is 13.1 Å². The van der Waals surface area contributed by atoms with Gasteiger partial charge in [0.2, 0.25) is 0 Å². The molecule has 0 saturated carbocycles. The zero-order valence-corrected chi connectivity index (χ0v) is 8.31. The topological polar surface area (TPSA) is 55.1 Å². The zero-order chi connectivity index (χ0) is 10.6. The van der Waals surface area contributed by atoms with E-state index in [0.29, 0.717) is 25.9 Å². The van der Waals surface area contributed by atoms with Gasteiger partial charge in [0.1, 0.15) is 0 Å². The molecule has 0 radical (unpaired) electrons. The van der Waals surface area contributed by atoms with Crippen LogP contribution in [0.1, 0.15) is 25.7 Å². The van der Waals surface area contributed by atoms with Crippen LogP contribution in [-0.4, -0.2) is 19.0 Å². The van der Waals surface area contributed by atoms with Gasteiger partial charge in [-0.3, -0.25) is 4.79 Å². The van der Waals surface area contributed by atoms with E-state index in [0.717, 1.165) is 12.8 Å². The predicted molar refractivity (Wildman–Crippen MR) is 57.1 cm³/mol. The largest absolute Gasteiger partial charge is 0.345 e. The first-order valence-corrected chi connectivity index (χ1v) is 4.71. The minimum absolute atomic E-state index is 0.237. The number of hydrogen-bond donors (Lipinski definition) is 2. The van der Waals surface area contributed by atoms with E-state index in [4.69, 9.17) is 12.2 Å². The van der Waals surface area contributed by atoms with Crippen LogP contribution in [0.15, 0.2) is 0 Å². The number of terminal acetylenes is 1. The van der Waals surface area contributed by atoms with Crippen molar-refractivity contribution in [2.45, 2.75) is 25.7 Å². The van der Waals surface area contributed by atoms with Gasteiger partial charge in [-0.25, -0.2) is 0 Å². The second-order valence-corrected chi connectivity index (χ2v) is 2.76. The maximum absolute atomic E-state index is 11.0. The van der Waals surface area contributed by atoms with E-state index < -0.39 is 0 Å². The van der Waals surface area contributed by atoms with Crippen LogP contribution in [0, 0.1) is 24.2 Å². The summed E-state index contributed by atoms with van der Waals surface area (Å²) in [6.45, 7) is 1.17. The molecule has 0 aromatic heterocycles.